The molecule has 1 aliphatic carbocycles. The number of ether oxygens (including phenoxy) is 1. The zero-order valence-electron chi connectivity index (χ0n) is 14.6. The molecule has 0 aromatic carbocycles. The predicted molar refractivity (Wildman–Crippen MR) is 94.0 cm³/mol. The summed E-state index contributed by atoms with van der Waals surface area (Å²) in [7, 11) is 0. The molecule has 0 bridgehead atoms. The van der Waals surface area contributed by atoms with Crippen LogP contribution in [0.15, 0.2) is 12.1 Å². The summed E-state index contributed by atoms with van der Waals surface area (Å²) in [6, 6.07) is 3.64. The quantitative estimate of drug-likeness (QED) is 0.782. The van der Waals surface area contributed by atoms with Crippen LogP contribution in [0.4, 0.5) is 4.79 Å². The van der Waals surface area contributed by atoms with Gasteiger partial charge in [-0.2, -0.15) is 0 Å². The first-order valence-electron chi connectivity index (χ1n) is 9.11. The Balaban J connectivity index is 1.32. The van der Waals surface area contributed by atoms with Crippen molar-refractivity contribution in [1.29, 1.82) is 0 Å². The van der Waals surface area contributed by atoms with E-state index in [2.05, 4.69) is 0 Å². The smallest absolute Gasteiger partial charge is 0.411 e. The number of nitrogens with zero attached hydrogens (tertiary/aromatic N) is 3. The molecule has 1 spiro atoms. The Hall–Kier alpha value is -2.09. The molecule has 3 aliphatic heterocycles. The van der Waals surface area contributed by atoms with Crippen molar-refractivity contribution in [3.63, 3.8) is 0 Å². The second-order valence-electron chi connectivity index (χ2n) is 7.77. The summed E-state index contributed by atoms with van der Waals surface area (Å²) >= 11 is 1.49. The van der Waals surface area contributed by atoms with Crippen LogP contribution in [-0.2, 0) is 9.53 Å². The normalized spacial score (nSPS) is 26.6. The molecule has 1 aromatic heterocycles. The summed E-state index contributed by atoms with van der Waals surface area (Å²) < 4.78 is 5.71. The van der Waals surface area contributed by atoms with E-state index in [0.29, 0.717) is 32.7 Å². The first-order chi connectivity index (χ1) is 12.5. The lowest BCUT2D eigenvalue weighted by atomic mass is 9.84. The number of aryl methyl sites for hydroxylation is 1. The molecule has 8 heteroatoms. The van der Waals surface area contributed by atoms with Crippen molar-refractivity contribution in [3.05, 3.63) is 21.9 Å². The van der Waals surface area contributed by atoms with Crippen LogP contribution in [-0.4, -0.2) is 77.0 Å². The highest BCUT2D eigenvalue weighted by Gasteiger charge is 2.63. The molecule has 4 heterocycles. The van der Waals surface area contributed by atoms with Crippen molar-refractivity contribution in [3.8, 4) is 0 Å². The largest absolute Gasteiger partial charge is 0.437 e. The third kappa shape index (κ3) is 2.35. The Kier molecular flexibility index (Phi) is 3.38. The first-order valence-corrected chi connectivity index (χ1v) is 9.93. The third-order valence-electron chi connectivity index (χ3n) is 5.91. The van der Waals surface area contributed by atoms with Crippen molar-refractivity contribution < 1.29 is 19.1 Å². The van der Waals surface area contributed by atoms with Gasteiger partial charge >= 0.3 is 6.09 Å². The average molecular weight is 375 g/mol. The highest BCUT2D eigenvalue weighted by molar-refractivity contribution is 7.13. The van der Waals surface area contributed by atoms with Crippen molar-refractivity contribution in [2.24, 2.45) is 5.92 Å². The summed E-state index contributed by atoms with van der Waals surface area (Å²) in [6.07, 6.45) is 1.63. The molecular formula is C18H21N3O4S. The lowest BCUT2D eigenvalue weighted by molar-refractivity contribution is -0.156. The molecule has 7 nitrogen and oxygen atoms in total. The van der Waals surface area contributed by atoms with Gasteiger partial charge in [0.05, 0.1) is 24.0 Å². The minimum Gasteiger partial charge on any atom is -0.437 e. The monoisotopic (exact) mass is 375 g/mol. The second kappa shape index (κ2) is 5.45. The second-order valence-corrected chi connectivity index (χ2v) is 9.06. The number of hydrogen-bond acceptors (Lipinski definition) is 5. The fourth-order valence-electron chi connectivity index (χ4n) is 4.26. The average Bonchev–Trinajstić information content (AvgIpc) is 3.30. The van der Waals surface area contributed by atoms with E-state index in [9.17, 15) is 14.4 Å². The van der Waals surface area contributed by atoms with Gasteiger partial charge in [-0.1, -0.05) is 0 Å². The molecule has 3 amide bonds. The Morgan fingerprint density at radius 3 is 2.62 bits per heavy atom. The fourth-order valence-corrected chi connectivity index (χ4v) is 5.10. The lowest BCUT2D eigenvalue weighted by Gasteiger charge is -2.51. The molecule has 1 atom stereocenters. The molecule has 4 fully saturated rings. The van der Waals surface area contributed by atoms with Gasteiger partial charge in [-0.25, -0.2) is 4.79 Å². The van der Waals surface area contributed by atoms with Crippen LogP contribution in [0.3, 0.4) is 0 Å². The van der Waals surface area contributed by atoms with E-state index in [1.807, 2.05) is 24.0 Å². The molecular weight excluding hydrogens is 354 g/mol. The van der Waals surface area contributed by atoms with Gasteiger partial charge in [0, 0.05) is 30.4 Å². The maximum Gasteiger partial charge on any atom is 0.411 e. The minimum atomic E-state index is -0.647. The van der Waals surface area contributed by atoms with E-state index in [1.54, 1.807) is 9.80 Å². The van der Waals surface area contributed by atoms with Crippen molar-refractivity contribution in [2.45, 2.75) is 31.4 Å². The van der Waals surface area contributed by atoms with Crippen LogP contribution >= 0.6 is 11.3 Å². The zero-order valence-corrected chi connectivity index (χ0v) is 15.5. The Morgan fingerprint density at radius 1 is 1.19 bits per heavy atom. The maximum absolute atomic E-state index is 12.8. The summed E-state index contributed by atoms with van der Waals surface area (Å²) in [5, 5.41) is 0. The van der Waals surface area contributed by atoms with Crippen LogP contribution in [0.25, 0.3) is 0 Å². The number of amides is 3. The van der Waals surface area contributed by atoms with Gasteiger partial charge in [-0.3, -0.25) is 14.5 Å². The van der Waals surface area contributed by atoms with E-state index in [1.165, 1.54) is 11.3 Å². The zero-order chi connectivity index (χ0) is 18.1. The highest BCUT2D eigenvalue weighted by atomic mass is 32.1. The van der Waals surface area contributed by atoms with Gasteiger partial charge in [-0.15, -0.1) is 11.3 Å². The van der Waals surface area contributed by atoms with E-state index in [-0.39, 0.29) is 29.9 Å². The van der Waals surface area contributed by atoms with Gasteiger partial charge in [0.2, 0.25) is 5.91 Å². The number of rotatable bonds is 2. The summed E-state index contributed by atoms with van der Waals surface area (Å²) in [4.78, 5) is 44.5. The maximum atomic E-state index is 12.8. The molecule has 26 heavy (non-hydrogen) atoms. The summed E-state index contributed by atoms with van der Waals surface area (Å²) in [5.74, 6) is 0.373. The summed E-state index contributed by atoms with van der Waals surface area (Å²) in [6.45, 7) is 4.36. The number of fused-ring (bicyclic) bond motifs is 2. The van der Waals surface area contributed by atoms with Crippen LogP contribution in [0.5, 0.6) is 0 Å². The lowest BCUT2D eigenvalue weighted by Crippen LogP contribution is -2.72. The van der Waals surface area contributed by atoms with Crippen LogP contribution in [0, 0.1) is 12.8 Å². The van der Waals surface area contributed by atoms with Crippen LogP contribution in [0.1, 0.15) is 27.4 Å². The number of hydrogen-bond donors (Lipinski definition) is 0. The van der Waals surface area contributed by atoms with Crippen molar-refractivity contribution >= 4 is 29.2 Å². The molecule has 0 radical (unpaired) electrons. The topological polar surface area (TPSA) is 70.2 Å². The number of carbonyl (C=O) groups excluding carboxylic acids is 3. The molecule has 1 unspecified atom stereocenters. The Morgan fingerprint density at radius 2 is 1.96 bits per heavy atom. The number of thiophene rings is 1. The highest BCUT2D eigenvalue weighted by Crippen LogP contribution is 2.42. The summed E-state index contributed by atoms with van der Waals surface area (Å²) in [5.41, 5.74) is -0.647. The first kappa shape index (κ1) is 16.1. The van der Waals surface area contributed by atoms with E-state index < -0.39 is 5.60 Å². The molecule has 5 rings (SSSR count). The van der Waals surface area contributed by atoms with Crippen molar-refractivity contribution in [1.82, 2.24) is 14.7 Å². The molecule has 138 valence electrons. The predicted octanol–water partition coefficient (Wildman–Crippen LogP) is 1.32. The van der Waals surface area contributed by atoms with Crippen LogP contribution in [0.2, 0.25) is 0 Å². The molecule has 1 saturated carbocycles. The third-order valence-corrected chi connectivity index (χ3v) is 6.90. The Bertz CT molecular complexity index is 796. The van der Waals surface area contributed by atoms with E-state index in [4.69, 9.17) is 4.74 Å². The van der Waals surface area contributed by atoms with Crippen LogP contribution < -0.4 is 0 Å². The van der Waals surface area contributed by atoms with Gasteiger partial charge in [0.15, 0.2) is 5.60 Å². The van der Waals surface area contributed by atoms with Crippen molar-refractivity contribution in [2.75, 3.05) is 32.7 Å². The SMILES string of the molecule is Cc1ccc(C(=O)N2CCN3C(=O)OC4(CN(C(=O)C5CC5)C4)C3C2)s1. The fraction of sp³-hybridized carbons (Fsp3) is 0.611. The molecule has 4 aliphatic rings. The van der Waals surface area contributed by atoms with Gasteiger partial charge in [-0.05, 0) is 31.9 Å². The van der Waals surface area contributed by atoms with Gasteiger partial charge in [0.1, 0.15) is 0 Å². The number of carbonyl (C=O) groups is 3. The van der Waals surface area contributed by atoms with E-state index >= 15 is 0 Å². The standard InChI is InChI=1S/C18H21N3O4S/c1-11-2-5-13(26-11)16(23)19-6-7-21-14(8-19)18(25-17(21)24)9-20(10-18)15(22)12-3-4-12/h2,5,12,14H,3-4,6-10H2,1H3. The molecule has 3 saturated heterocycles. The Labute approximate surface area is 155 Å². The minimum absolute atomic E-state index is 0.0162. The van der Waals surface area contributed by atoms with E-state index in [0.717, 1.165) is 22.6 Å². The van der Waals surface area contributed by atoms with Gasteiger partial charge < -0.3 is 14.5 Å². The number of likely N-dealkylation sites (tertiary alicyclic amines) is 1. The number of piperazine rings is 1. The molecule has 0 N–H and O–H groups in total. The molecule has 1 aromatic rings. The van der Waals surface area contributed by atoms with Gasteiger partial charge in [0.25, 0.3) is 5.91 Å².